The molecule has 1 fully saturated rings. The molecule has 5 heteroatoms. The van der Waals surface area contributed by atoms with Gasteiger partial charge in [-0.05, 0) is 36.0 Å². The van der Waals surface area contributed by atoms with E-state index in [2.05, 4.69) is 43.2 Å². The van der Waals surface area contributed by atoms with Crippen LogP contribution in [0.2, 0.25) is 0 Å². The number of carbonyl (C=O) groups excluding carboxylic acids is 1. The Morgan fingerprint density at radius 1 is 1.32 bits per heavy atom. The SMILES string of the molecule is CC(C)(C)CN1CCC[C@@](O)(CNCc2cccc3[nH]ccc23)C1=O. The van der Waals surface area contributed by atoms with E-state index in [-0.39, 0.29) is 17.9 Å². The number of hydrogen-bond acceptors (Lipinski definition) is 3. The maximum Gasteiger partial charge on any atom is 0.255 e. The summed E-state index contributed by atoms with van der Waals surface area (Å²) in [6.07, 6.45) is 3.29. The van der Waals surface area contributed by atoms with Crippen LogP contribution in [-0.2, 0) is 11.3 Å². The zero-order valence-electron chi connectivity index (χ0n) is 15.4. The van der Waals surface area contributed by atoms with Gasteiger partial charge in [0.2, 0.25) is 0 Å². The van der Waals surface area contributed by atoms with Crippen molar-refractivity contribution in [2.45, 2.75) is 45.8 Å². The molecule has 0 aliphatic carbocycles. The minimum atomic E-state index is -1.30. The number of nitrogens with one attached hydrogen (secondary N) is 2. The predicted octanol–water partition coefficient (Wildman–Crippen LogP) is 2.66. The maximum absolute atomic E-state index is 12.8. The van der Waals surface area contributed by atoms with Crippen molar-refractivity contribution in [3.63, 3.8) is 0 Å². The largest absolute Gasteiger partial charge is 0.379 e. The van der Waals surface area contributed by atoms with Gasteiger partial charge in [-0.25, -0.2) is 0 Å². The summed E-state index contributed by atoms with van der Waals surface area (Å²) in [5, 5.41) is 15.4. The monoisotopic (exact) mass is 343 g/mol. The van der Waals surface area contributed by atoms with Crippen molar-refractivity contribution in [3.05, 3.63) is 36.0 Å². The number of aliphatic hydroxyl groups is 1. The van der Waals surface area contributed by atoms with Gasteiger partial charge in [0.25, 0.3) is 5.91 Å². The van der Waals surface area contributed by atoms with Gasteiger partial charge in [0.05, 0.1) is 0 Å². The molecule has 0 saturated carbocycles. The second-order valence-electron chi connectivity index (χ2n) is 8.38. The molecule has 1 saturated heterocycles. The Morgan fingerprint density at radius 2 is 2.12 bits per heavy atom. The third-order valence-electron chi connectivity index (χ3n) is 4.79. The standard InChI is InChI=1S/C20H29N3O2/c1-19(2,3)14-23-11-5-9-20(25,18(23)24)13-21-12-15-6-4-7-17-16(15)8-10-22-17/h4,6-8,10,21-22,25H,5,9,11-14H2,1-3H3/t20-/m1/s1. The molecule has 0 unspecified atom stereocenters. The number of likely N-dealkylation sites (tertiary alicyclic amines) is 1. The second kappa shape index (κ2) is 6.81. The first kappa shape index (κ1) is 18.0. The van der Waals surface area contributed by atoms with Gasteiger partial charge < -0.3 is 20.3 Å². The van der Waals surface area contributed by atoms with Crippen LogP contribution >= 0.6 is 0 Å². The molecule has 1 aliphatic rings. The fourth-order valence-corrected chi connectivity index (χ4v) is 3.66. The van der Waals surface area contributed by atoms with Crippen LogP contribution in [0.1, 0.15) is 39.2 Å². The second-order valence-corrected chi connectivity index (χ2v) is 8.38. The lowest BCUT2D eigenvalue weighted by Crippen LogP contribution is -2.59. The molecule has 25 heavy (non-hydrogen) atoms. The molecule has 1 aliphatic heterocycles. The number of aromatic nitrogens is 1. The van der Waals surface area contributed by atoms with E-state index in [1.54, 1.807) is 0 Å². The Morgan fingerprint density at radius 3 is 2.88 bits per heavy atom. The predicted molar refractivity (Wildman–Crippen MR) is 100 cm³/mol. The molecule has 3 N–H and O–H groups in total. The van der Waals surface area contributed by atoms with Crippen molar-refractivity contribution in [1.29, 1.82) is 0 Å². The summed E-state index contributed by atoms with van der Waals surface area (Å²) in [5.41, 5.74) is 1.00. The first-order valence-corrected chi connectivity index (χ1v) is 9.06. The van der Waals surface area contributed by atoms with Crippen LogP contribution < -0.4 is 5.32 Å². The Hall–Kier alpha value is -1.85. The molecule has 3 rings (SSSR count). The van der Waals surface area contributed by atoms with Crippen molar-refractivity contribution >= 4 is 16.8 Å². The molecular formula is C20H29N3O2. The smallest absolute Gasteiger partial charge is 0.255 e. The molecule has 2 aromatic rings. The summed E-state index contributed by atoms with van der Waals surface area (Å²) in [6.45, 7) is 8.67. The highest BCUT2D eigenvalue weighted by atomic mass is 16.3. The summed E-state index contributed by atoms with van der Waals surface area (Å²) >= 11 is 0. The molecule has 0 spiro atoms. The lowest BCUT2D eigenvalue weighted by atomic mass is 9.88. The van der Waals surface area contributed by atoms with Gasteiger partial charge in [-0.15, -0.1) is 0 Å². The Balaban J connectivity index is 1.63. The zero-order valence-corrected chi connectivity index (χ0v) is 15.4. The van der Waals surface area contributed by atoms with Gasteiger partial charge in [0.1, 0.15) is 0 Å². The number of nitrogens with zero attached hydrogens (tertiary/aromatic N) is 1. The van der Waals surface area contributed by atoms with E-state index in [9.17, 15) is 9.90 Å². The molecule has 1 atom stereocenters. The highest BCUT2D eigenvalue weighted by Crippen LogP contribution is 2.26. The van der Waals surface area contributed by atoms with Gasteiger partial charge >= 0.3 is 0 Å². The Labute approximate surface area is 149 Å². The Bertz CT molecular complexity index is 747. The van der Waals surface area contributed by atoms with Gasteiger partial charge in [-0.3, -0.25) is 4.79 Å². The summed E-state index contributed by atoms with van der Waals surface area (Å²) in [4.78, 5) is 17.8. The van der Waals surface area contributed by atoms with Crippen LogP contribution in [0.15, 0.2) is 30.5 Å². The molecule has 0 radical (unpaired) electrons. The van der Waals surface area contributed by atoms with Crippen LogP contribution in [0, 0.1) is 5.41 Å². The zero-order chi connectivity index (χ0) is 18.1. The number of benzene rings is 1. The fourth-order valence-electron chi connectivity index (χ4n) is 3.66. The highest BCUT2D eigenvalue weighted by Gasteiger charge is 2.42. The minimum Gasteiger partial charge on any atom is -0.379 e. The summed E-state index contributed by atoms with van der Waals surface area (Å²) < 4.78 is 0. The van der Waals surface area contributed by atoms with Crippen LogP contribution in [0.4, 0.5) is 0 Å². The number of amides is 1. The van der Waals surface area contributed by atoms with Gasteiger partial charge in [0, 0.05) is 43.3 Å². The summed E-state index contributed by atoms with van der Waals surface area (Å²) in [7, 11) is 0. The van der Waals surface area contributed by atoms with Crippen LogP contribution in [0.25, 0.3) is 10.9 Å². The molecule has 2 heterocycles. The first-order chi connectivity index (χ1) is 11.8. The average molecular weight is 343 g/mol. The molecule has 1 aromatic carbocycles. The van der Waals surface area contributed by atoms with Crippen LogP contribution in [-0.4, -0.2) is 46.1 Å². The number of fused-ring (bicyclic) bond motifs is 1. The van der Waals surface area contributed by atoms with Crippen LogP contribution in [0.5, 0.6) is 0 Å². The van der Waals surface area contributed by atoms with Crippen molar-refractivity contribution in [2.24, 2.45) is 5.41 Å². The van der Waals surface area contributed by atoms with Gasteiger partial charge in [-0.1, -0.05) is 32.9 Å². The number of hydrogen-bond donors (Lipinski definition) is 3. The van der Waals surface area contributed by atoms with Gasteiger partial charge in [0.15, 0.2) is 5.60 Å². The van der Waals surface area contributed by atoms with E-state index >= 15 is 0 Å². The molecule has 136 valence electrons. The average Bonchev–Trinajstić information content (AvgIpc) is 3.00. The quantitative estimate of drug-likeness (QED) is 0.782. The molecule has 1 aromatic heterocycles. The van der Waals surface area contributed by atoms with E-state index in [0.29, 0.717) is 19.5 Å². The van der Waals surface area contributed by atoms with Crippen LogP contribution in [0.3, 0.4) is 0 Å². The number of carbonyl (C=O) groups is 1. The van der Waals surface area contributed by atoms with Crippen molar-refractivity contribution in [1.82, 2.24) is 15.2 Å². The molecular weight excluding hydrogens is 314 g/mol. The number of piperidine rings is 1. The van der Waals surface area contributed by atoms with Crippen molar-refractivity contribution < 1.29 is 9.90 Å². The lowest BCUT2D eigenvalue weighted by molar-refractivity contribution is -0.158. The summed E-state index contributed by atoms with van der Waals surface area (Å²) in [6, 6.07) is 8.18. The molecule has 5 nitrogen and oxygen atoms in total. The Kier molecular flexibility index (Phi) is 4.89. The van der Waals surface area contributed by atoms with Crippen molar-refractivity contribution in [2.75, 3.05) is 19.6 Å². The normalized spacial score (nSPS) is 21.9. The van der Waals surface area contributed by atoms with E-state index in [1.807, 2.05) is 23.2 Å². The van der Waals surface area contributed by atoms with Crippen molar-refractivity contribution in [3.8, 4) is 0 Å². The van der Waals surface area contributed by atoms with E-state index in [0.717, 1.165) is 24.0 Å². The van der Waals surface area contributed by atoms with Gasteiger partial charge in [-0.2, -0.15) is 0 Å². The van der Waals surface area contributed by atoms with E-state index in [1.165, 1.54) is 5.39 Å². The van der Waals surface area contributed by atoms with E-state index < -0.39 is 5.60 Å². The number of rotatable bonds is 5. The summed E-state index contributed by atoms with van der Waals surface area (Å²) in [5.74, 6) is -0.138. The minimum absolute atomic E-state index is 0.0330. The fraction of sp³-hybridized carbons (Fsp3) is 0.550. The molecule has 0 bridgehead atoms. The number of aromatic amines is 1. The number of H-pyrrole nitrogens is 1. The molecule has 1 amide bonds. The highest BCUT2D eigenvalue weighted by molar-refractivity contribution is 5.86. The maximum atomic E-state index is 12.8. The third kappa shape index (κ3) is 4.05. The lowest BCUT2D eigenvalue weighted by Gasteiger charge is -2.41. The first-order valence-electron chi connectivity index (χ1n) is 9.06. The third-order valence-corrected chi connectivity index (χ3v) is 4.79. The topological polar surface area (TPSA) is 68.4 Å². The van der Waals surface area contributed by atoms with E-state index in [4.69, 9.17) is 0 Å².